The number of nitrogens with zero attached hydrogens (tertiary/aromatic N) is 10. The van der Waals surface area contributed by atoms with E-state index < -0.39 is 5.97 Å². The number of ether oxygens (including phenoxy) is 3. The van der Waals surface area contributed by atoms with E-state index in [9.17, 15) is 14.4 Å². The van der Waals surface area contributed by atoms with E-state index in [1.807, 2.05) is 24.0 Å². The first-order valence-corrected chi connectivity index (χ1v) is 17.3. The summed E-state index contributed by atoms with van der Waals surface area (Å²) in [6.45, 7) is 0. The molecule has 1 fully saturated rings. The molecule has 19 nitrogen and oxygen atoms in total. The normalized spacial score (nSPS) is 12.2. The van der Waals surface area contributed by atoms with E-state index in [0.29, 0.717) is 39.9 Å². The number of esters is 3. The van der Waals surface area contributed by atoms with Crippen molar-refractivity contribution in [2.75, 3.05) is 7.11 Å². The highest BCUT2D eigenvalue weighted by Gasteiger charge is 2.19. The molecule has 7 aromatic rings. The molecule has 8 rings (SSSR count). The monoisotopic (exact) mass is 758 g/mol. The van der Waals surface area contributed by atoms with Gasteiger partial charge in [0.15, 0.2) is 12.4 Å². The van der Waals surface area contributed by atoms with Gasteiger partial charge in [0.2, 0.25) is 17.5 Å². The van der Waals surface area contributed by atoms with Gasteiger partial charge in [-0.2, -0.15) is 15.6 Å². The van der Waals surface area contributed by atoms with E-state index in [-0.39, 0.29) is 18.0 Å². The van der Waals surface area contributed by atoms with Crippen LogP contribution in [-0.2, 0) is 16.5 Å². The lowest BCUT2D eigenvalue weighted by atomic mass is 9.98. The second-order valence-corrected chi connectivity index (χ2v) is 12.2. The van der Waals surface area contributed by atoms with Gasteiger partial charge in [-0.05, 0) is 77.7 Å². The number of aryl methyl sites for hydroxylation is 1. The van der Waals surface area contributed by atoms with Gasteiger partial charge in [0, 0.05) is 28.8 Å². The molecule has 0 saturated heterocycles. The highest BCUT2D eigenvalue weighted by molar-refractivity contribution is 5.92. The van der Waals surface area contributed by atoms with Crippen LogP contribution in [0.2, 0.25) is 0 Å². The number of nitrogens with one attached hydrogen (secondary N) is 3. The Morgan fingerprint density at radius 2 is 0.982 bits per heavy atom. The van der Waals surface area contributed by atoms with Crippen LogP contribution in [0.4, 0.5) is 0 Å². The first-order valence-electron chi connectivity index (χ1n) is 17.3. The standard InChI is InChI=1S/C14H11N5O2.C14H16N4O2.C9H8N4O2/c1-19-8-6-12(7-9-19)21-14(20)11-4-2-10(3-5-11)13-15-17-18-16-13;19-14(20-12-4-2-1-3-5-12)11-8-6-10(7-9-11)13-15-17-18-16-13;1-15-9(14)7-4-2-6(3-5-7)8-10-12-13-11-8/h2-9H,1H3;6-9,12H,1-5H2,(H,15,16,17,18);2-5H,1H3,(H,10,11,12,13)/p+1. The first-order chi connectivity index (χ1) is 27.4. The minimum Gasteiger partial charge on any atom is -0.465 e. The van der Waals surface area contributed by atoms with Crippen molar-refractivity contribution in [2.24, 2.45) is 7.05 Å². The molecule has 0 unspecified atom stereocenters. The lowest BCUT2D eigenvalue weighted by molar-refractivity contribution is -0.671. The number of aromatic nitrogens is 13. The van der Waals surface area contributed by atoms with E-state index in [1.165, 1.54) is 13.5 Å². The Labute approximate surface area is 318 Å². The topological polar surface area (TPSA) is 246 Å². The van der Waals surface area contributed by atoms with Crippen molar-refractivity contribution in [1.29, 1.82) is 0 Å². The van der Waals surface area contributed by atoms with E-state index in [1.54, 1.807) is 84.9 Å². The predicted octanol–water partition coefficient (Wildman–Crippen LogP) is 3.92. The second kappa shape index (κ2) is 19.0. The Bertz CT molecular complexity index is 2260. The molecule has 0 radical (unpaired) electrons. The molecule has 4 aromatic heterocycles. The zero-order chi connectivity index (χ0) is 39.1. The number of aromatic amines is 3. The number of rotatable bonds is 8. The van der Waals surface area contributed by atoms with Gasteiger partial charge in [-0.15, -0.1) is 30.6 Å². The van der Waals surface area contributed by atoms with Crippen LogP contribution in [0.1, 0.15) is 63.2 Å². The molecular formula is C37H36N13O6+. The molecule has 284 valence electrons. The van der Waals surface area contributed by atoms with Gasteiger partial charge in [0.1, 0.15) is 18.9 Å². The molecule has 1 aliphatic rings. The zero-order valence-corrected chi connectivity index (χ0v) is 30.3. The summed E-state index contributed by atoms with van der Waals surface area (Å²) in [6.07, 6.45) is 9.19. The zero-order valence-electron chi connectivity index (χ0n) is 30.3. The molecule has 1 aliphatic carbocycles. The summed E-state index contributed by atoms with van der Waals surface area (Å²) in [7, 11) is 3.23. The molecule has 19 heteroatoms. The lowest BCUT2D eigenvalue weighted by Crippen LogP contribution is -2.25. The fourth-order valence-electron chi connectivity index (χ4n) is 5.36. The van der Waals surface area contributed by atoms with Crippen molar-refractivity contribution in [1.82, 2.24) is 61.9 Å². The molecule has 3 N–H and O–H groups in total. The number of methoxy groups -OCH3 is 1. The maximum atomic E-state index is 12.0. The maximum absolute atomic E-state index is 12.0. The molecule has 4 heterocycles. The van der Waals surface area contributed by atoms with Gasteiger partial charge in [0.05, 0.1) is 23.8 Å². The van der Waals surface area contributed by atoms with E-state index in [0.717, 1.165) is 42.4 Å². The summed E-state index contributed by atoms with van der Waals surface area (Å²) in [4.78, 5) is 35.2. The van der Waals surface area contributed by atoms with Gasteiger partial charge in [-0.1, -0.05) is 42.8 Å². The van der Waals surface area contributed by atoms with Crippen LogP contribution < -0.4 is 9.30 Å². The fourth-order valence-corrected chi connectivity index (χ4v) is 5.36. The van der Waals surface area contributed by atoms with Crippen molar-refractivity contribution in [3.8, 4) is 39.9 Å². The Morgan fingerprint density at radius 1 is 0.571 bits per heavy atom. The summed E-state index contributed by atoms with van der Waals surface area (Å²) >= 11 is 0. The number of benzene rings is 3. The van der Waals surface area contributed by atoms with Crippen molar-refractivity contribution in [3.05, 3.63) is 114 Å². The number of carbonyl (C=O) groups excluding carboxylic acids is 3. The molecule has 0 atom stereocenters. The largest absolute Gasteiger partial charge is 0.465 e. The minimum absolute atomic E-state index is 0.0770. The van der Waals surface area contributed by atoms with Gasteiger partial charge in [-0.3, -0.25) is 0 Å². The van der Waals surface area contributed by atoms with Gasteiger partial charge in [-0.25, -0.2) is 19.0 Å². The van der Waals surface area contributed by atoms with Crippen molar-refractivity contribution in [3.63, 3.8) is 0 Å². The van der Waals surface area contributed by atoms with Crippen LogP contribution in [0.3, 0.4) is 0 Å². The molecular weight excluding hydrogens is 722 g/mol. The SMILES string of the molecule is COC(=O)c1ccc(-c2nn[nH]n2)cc1.C[n+]1ccc(OC(=O)c2ccc(-c3nn[nH]n3)cc2)cc1.O=C(OC1CCCCC1)c1ccc(-c2nn[nH]n2)cc1. The van der Waals surface area contributed by atoms with Gasteiger partial charge >= 0.3 is 17.9 Å². The fraction of sp³-hybridized carbons (Fsp3) is 0.216. The minimum atomic E-state index is -0.413. The number of tetrazole rings is 3. The third-order valence-corrected chi connectivity index (χ3v) is 8.34. The van der Waals surface area contributed by atoms with Crippen LogP contribution in [0, 0.1) is 0 Å². The quantitative estimate of drug-likeness (QED) is 0.147. The Balaban J connectivity index is 0.000000145. The van der Waals surface area contributed by atoms with E-state index in [4.69, 9.17) is 9.47 Å². The average molecular weight is 759 g/mol. The summed E-state index contributed by atoms with van der Waals surface area (Å²) in [5.74, 6) is 0.948. The molecule has 0 amide bonds. The van der Waals surface area contributed by atoms with Crippen LogP contribution >= 0.6 is 0 Å². The van der Waals surface area contributed by atoms with Gasteiger partial charge < -0.3 is 14.2 Å². The molecule has 0 bridgehead atoms. The van der Waals surface area contributed by atoms with E-state index in [2.05, 4.69) is 66.6 Å². The van der Waals surface area contributed by atoms with Crippen LogP contribution in [0.15, 0.2) is 97.3 Å². The first kappa shape index (κ1) is 38.2. The number of pyridine rings is 1. The van der Waals surface area contributed by atoms with Gasteiger partial charge in [0.25, 0.3) is 0 Å². The number of hydrogen-bond acceptors (Lipinski definition) is 15. The van der Waals surface area contributed by atoms with Crippen molar-refractivity contribution >= 4 is 17.9 Å². The lowest BCUT2D eigenvalue weighted by Gasteiger charge is -2.21. The Hall–Kier alpha value is -7.57. The maximum Gasteiger partial charge on any atom is 0.343 e. The highest BCUT2D eigenvalue weighted by Crippen LogP contribution is 2.22. The molecule has 0 spiro atoms. The van der Waals surface area contributed by atoms with Crippen LogP contribution in [0.5, 0.6) is 5.75 Å². The summed E-state index contributed by atoms with van der Waals surface area (Å²) in [5.41, 5.74) is 3.87. The second-order valence-electron chi connectivity index (χ2n) is 12.2. The smallest absolute Gasteiger partial charge is 0.343 e. The third-order valence-electron chi connectivity index (χ3n) is 8.34. The summed E-state index contributed by atoms with van der Waals surface area (Å²) in [5, 5.41) is 40.7. The van der Waals surface area contributed by atoms with Crippen LogP contribution in [-0.4, -0.2) is 93.0 Å². The Morgan fingerprint density at radius 3 is 1.38 bits per heavy atom. The predicted molar refractivity (Wildman–Crippen MR) is 195 cm³/mol. The number of hydrogen-bond donors (Lipinski definition) is 3. The summed E-state index contributed by atoms with van der Waals surface area (Å²) < 4.78 is 17.2. The van der Waals surface area contributed by atoms with Crippen molar-refractivity contribution in [2.45, 2.75) is 38.2 Å². The molecule has 0 aliphatic heterocycles. The number of carbonyl (C=O) groups is 3. The highest BCUT2D eigenvalue weighted by atomic mass is 16.5. The van der Waals surface area contributed by atoms with Crippen LogP contribution in [0.25, 0.3) is 34.2 Å². The Kier molecular flexibility index (Phi) is 12.9. The van der Waals surface area contributed by atoms with Crippen molar-refractivity contribution < 1.29 is 33.2 Å². The summed E-state index contributed by atoms with van der Waals surface area (Å²) in [6, 6.07) is 24.1. The number of H-pyrrole nitrogens is 3. The molecule has 1 saturated carbocycles. The molecule has 56 heavy (non-hydrogen) atoms. The van der Waals surface area contributed by atoms with E-state index >= 15 is 0 Å². The average Bonchev–Trinajstić information content (AvgIpc) is 4.08. The third kappa shape index (κ3) is 10.5. The molecule has 3 aromatic carbocycles.